The Morgan fingerprint density at radius 2 is 1.48 bits per heavy atom. The van der Waals surface area contributed by atoms with E-state index in [4.69, 9.17) is 4.74 Å². The average molecular weight is 451 g/mol. The van der Waals surface area contributed by atoms with E-state index in [0.29, 0.717) is 6.07 Å². The zero-order valence-corrected chi connectivity index (χ0v) is 16.9. The summed E-state index contributed by atoms with van der Waals surface area (Å²) in [6.45, 7) is 1.60. The first-order chi connectivity index (χ1) is 14.4. The Balaban J connectivity index is 2.46. The van der Waals surface area contributed by atoms with Crippen molar-refractivity contribution < 1.29 is 51.6 Å². The first kappa shape index (κ1) is 22.1. The lowest BCUT2D eigenvalue weighted by atomic mass is 9.79. The second-order valence-electron chi connectivity index (χ2n) is 6.54. The van der Waals surface area contributed by atoms with Crippen LogP contribution in [0, 0.1) is 0 Å². The molecule has 0 saturated heterocycles. The summed E-state index contributed by atoms with van der Waals surface area (Å²) in [6.07, 6.45) is 0.0206. The smallest absolute Gasteiger partial charge is 0.262 e. The minimum atomic E-state index is -5.43. The Labute approximate surface area is 175 Å². The molecule has 1 aliphatic carbocycles. The zero-order chi connectivity index (χ0) is 23.2. The molecule has 0 bridgehead atoms. The molecule has 2 aromatic rings. The van der Waals surface area contributed by atoms with Gasteiger partial charge in [0.25, 0.3) is 10.4 Å². The molecule has 0 radical (unpaired) electrons. The van der Waals surface area contributed by atoms with E-state index in [1.165, 1.54) is 0 Å². The first-order valence-corrected chi connectivity index (χ1v) is 10.1. The molecular formula is C19H15O11S-. The molecule has 31 heavy (non-hydrogen) atoms. The van der Waals surface area contributed by atoms with Gasteiger partial charge in [0.15, 0.2) is 28.8 Å². The third-order valence-electron chi connectivity index (χ3n) is 4.59. The van der Waals surface area contributed by atoms with Crippen LogP contribution in [0.5, 0.6) is 28.7 Å². The summed E-state index contributed by atoms with van der Waals surface area (Å²) >= 11 is 0. The van der Waals surface area contributed by atoms with Gasteiger partial charge in [0.2, 0.25) is 5.78 Å². The summed E-state index contributed by atoms with van der Waals surface area (Å²) in [5.74, 6) is -7.01. The molecule has 2 aromatic carbocycles. The molecule has 0 aromatic heterocycles. The summed E-state index contributed by atoms with van der Waals surface area (Å²) in [7, 11) is -4.31. The Morgan fingerprint density at radius 1 is 0.968 bits per heavy atom. The lowest BCUT2D eigenvalue weighted by molar-refractivity contribution is 0.0950. The van der Waals surface area contributed by atoms with Crippen molar-refractivity contribution in [3.8, 4) is 28.7 Å². The van der Waals surface area contributed by atoms with E-state index in [1.54, 1.807) is 6.92 Å². The van der Waals surface area contributed by atoms with Gasteiger partial charge in [-0.05, 0) is 6.42 Å². The van der Waals surface area contributed by atoms with Crippen LogP contribution in [0.3, 0.4) is 0 Å². The average Bonchev–Trinajstić information content (AvgIpc) is 2.65. The summed E-state index contributed by atoms with van der Waals surface area (Å²) in [5.41, 5.74) is -3.57. The number of hydrogen-bond donors (Lipinski definition) is 3. The van der Waals surface area contributed by atoms with Crippen molar-refractivity contribution in [3.63, 3.8) is 0 Å². The molecule has 164 valence electrons. The molecule has 0 aliphatic heterocycles. The molecule has 3 N–H and O–H groups in total. The van der Waals surface area contributed by atoms with Gasteiger partial charge < -0.3 is 28.8 Å². The van der Waals surface area contributed by atoms with Gasteiger partial charge in [0.05, 0.1) is 34.9 Å². The predicted molar refractivity (Wildman–Crippen MR) is 101 cm³/mol. The minimum absolute atomic E-state index is 0.226. The van der Waals surface area contributed by atoms with Gasteiger partial charge in [-0.25, -0.2) is 8.42 Å². The van der Waals surface area contributed by atoms with Crippen LogP contribution in [0.1, 0.15) is 62.0 Å². The lowest BCUT2D eigenvalue weighted by Gasteiger charge is -2.24. The fourth-order valence-electron chi connectivity index (χ4n) is 3.40. The van der Waals surface area contributed by atoms with Gasteiger partial charge in [-0.3, -0.25) is 14.4 Å². The number of carbonyl (C=O) groups is 3. The van der Waals surface area contributed by atoms with Crippen molar-refractivity contribution in [2.45, 2.75) is 19.8 Å². The van der Waals surface area contributed by atoms with Gasteiger partial charge in [-0.2, -0.15) is 0 Å². The van der Waals surface area contributed by atoms with Crippen molar-refractivity contribution in [1.29, 1.82) is 0 Å². The summed E-state index contributed by atoms with van der Waals surface area (Å²) in [6, 6.07) is 1.43. The number of methoxy groups -OCH3 is 1. The highest BCUT2D eigenvalue weighted by atomic mass is 32.3. The molecule has 0 atom stereocenters. The second kappa shape index (κ2) is 7.56. The van der Waals surface area contributed by atoms with E-state index in [-0.39, 0.29) is 18.6 Å². The van der Waals surface area contributed by atoms with E-state index < -0.39 is 78.6 Å². The van der Waals surface area contributed by atoms with Crippen LogP contribution in [-0.2, 0) is 10.4 Å². The Morgan fingerprint density at radius 3 is 2.00 bits per heavy atom. The summed E-state index contributed by atoms with van der Waals surface area (Å²) in [4.78, 5) is 39.0. The van der Waals surface area contributed by atoms with Crippen LogP contribution in [0.4, 0.5) is 0 Å². The molecule has 3 rings (SSSR count). The number of ether oxygens (including phenoxy) is 1. The molecule has 0 heterocycles. The molecule has 0 spiro atoms. The normalized spacial score (nSPS) is 12.9. The van der Waals surface area contributed by atoms with E-state index in [1.807, 2.05) is 0 Å². The topological polar surface area (TPSA) is 188 Å². The molecule has 0 unspecified atom stereocenters. The van der Waals surface area contributed by atoms with Crippen molar-refractivity contribution in [2.75, 3.05) is 7.11 Å². The maximum atomic E-state index is 13.3. The molecule has 1 aliphatic rings. The fraction of sp³-hybridized carbons (Fsp3) is 0.211. The van der Waals surface area contributed by atoms with E-state index in [0.717, 1.165) is 13.2 Å². The summed E-state index contributed by atoms with van der Waals surface area (Å²) in [5, 5.41) is 30.9. The van der Waals surface area contributed by atoms with Gasteiger partial charge in [-0.1, -0.05) is 6.92 Å². The Kier molecular flexibility index (Phi) is 5.38. The van der Waals surface area contributed by atoms with Crippen LogP contribution in [0.15, 0.2) is 12.1 Å². The number of fused-ring (bicyclic) bond motifs is 2. The third-order valence-corrected chi connectivity index (χ3v) is 4.97. The highest BCUT2D eigenvalue weighted by Gasteiger charge is 2.42. The first-order valence-electron chi connectivity index (χ1n) is 8.73. The van der Waals surface area contributed by atoms with E-state index in [9.17, 15) is 42.7 Å². The SMILES string of the molecule is CCCC(=O)c1c(OS(=O)(=O)[O-])cc(O)c2c1C(=O)c1c(O)c(OC)cc(O)c1C2=O. The third kappa shape index (κ3) is 3.55. The molecule has 12 heteroatoms. The van der Waals surface area contributed by atoms with E-state index in [2.05, 4.69) is 4.18 Å². The highest BCUT2D eigenvalue weighted by molar-refractivity contribution is 7.81. The standard InChI is InChI=1S/C19H16O11S/c1-3-4-7(20)12-10(30-31(26,27)28)5-8(21)13-15(12)19(25)16-14(18(13)24)9(22)6-11(29-2)17(16)23/h5-6,21-23H,3-4H2,1-2H3,(H,26,27,28)/p-1. The number of carbonyl (C=O) groups excluding carboxylic acids is 3. The molecule has 0 fully saturated rings. The van der Waals surface area contributed by atoms with Gasteiger partial charge >= 0.3 is 0 Å². The van der Waals surface area contributed by atoms with Crippen molar-refractivity contribution >= 4 is 27.7 Å². The number of aromatic hydroxyl groups is 3. The number of ketones is 3. The number of phenolic OH excluding ortho intramolecular Hbond substituents is 3. The Hall–Kier alpha value is -3.64. The number of hydrogen-bond acceptors (Lipinski definition) is 11. The Bertz CT molecular complexity index is 1260. The summed E-state index contributed by atoms with van der Waals surface area (Å²) < 4.78 is 42.5. The molecule has 0 saturated carbocycles. The maximum absolute atomic E-state index is 13.3. The van der Waals surface area contributed by atoms with Crippen LogP contribution in [-0.4, -0.2) is 52.7 Å². The lowest BCUT2D eigenvalue weighted by Crippen LogP contribution is -2.26. The number of rotatable bonds is 6. The van der Waals surface area contributed by atoms with Crippen molar-refractivity contribution in [3.05, 3.63) is 39.9 Å². The highest BCUT2D eigenvalue weighted by Crippen LogP contribution is 2.47. The van der Waals surface area contributed by atoms with Gasteiger partial charge in [0, 0.05) is 18.6 Å². The minimum Gasteiger partial charge on any atom is -0.716 e. The maximum Gasteiger partial charge on any atom is 0.262 e. The monoisotopic (exact) mass is 451 g/mol. The zero-order valence-electron chi connectivity index (χ0n) is 16.1. The van der Waals surface area contributed by atoms with Crippen molar-refractivity contribution in [2.24, 2.45) is 0 Å². The quantitative estimate of drug-likeness (QED) is 0.213. The largest absolute Gasteiger partial charge is 0.716 e. The predicted octanol–water partition coefficient (Wildman–Crippen LogP) is 1.41. The molecule has 11 nitrogen and oxygen atoms in total. The van der Waals surface area contributed by atoms with Crippen molar-refractivity contribution in [1.82, 2.24) is 0 Å². The number of Topliss-reactive ketones (excluding diaryl/α,β-unsaturated/α-hetero) is 1. The van der Waals surface area contributed by atoms with Crippen LogP contribution in [0.25, 0.3) is 0 Å². The van der Waals surface area contributed by atoms with Crippen LogP contribution in [0.2, 0.25) is 0 Å². The number of phenols is 3. The van der Waals surface area contributed by atoms with Gasteiger partial charge in [-0.15, -0.1) is 0 Å². The van der Waals surface area contributed by atoms with Crippen LogP contribution >= 0.6 is 0 Å². The second-order valence-corrected chi connectivity index (χ2v) is 7.52. The molecule has 0 amide bonds. The molecular weight excluding hydrogens is 436 g/mol. The van der Waals surface area contributed by atoms with Crippen LogP contribution < -0.4 is 8.92 Å². The fourth-order valence-corrected chi connectivity index (χ4v) is 3.75. The van der Waals surface area contributed by atoms with Gasteiger partial charge in [0.1, 0.15) is 11.5 Å². The number of benzene rings is 2. The van der Waals surface area contributed by atoms with E-state index >= 15 is 0 Å².